The van der Waals surface area contributed by atoms with Crippen LogP contribution in [0.5, 0.6) is 11.5 Å². The zero-order chi connectivity index (χ0) is 15.7. The summed E-state index contributed by atoms with van der Waals surface area (Å²) in [6, 6.07) is 7.09. The highest BCUT2D eigenvalue weighted by atomic mass is 16.6. The molecule has 0 aromatic heterocycles. The first-order valence-electron chi connectivity index (χ1n) is 6.86. The summed E-state index contributed by atoms with van der Waals surface area (Å²) in [5, 5.41) is 30.4. The second kappa shape index (κ2) is 5.55. The number of nitrogens with zero attached hydrogens (tertiary/aromatic N) is 2. The average molecular weight is 300 g/mol. The second-order valence-corrected chi connectivity index (χ2v) is 4.93. The van der Waals surface area contributed by atoms with Crippen LogP contribution in [-0.2, 0) is 9.68 Å². The fourth-order valence-electron chi connectivity index (χ4n) is 2.85. The molecule has 0 saturated heterocycles. The molecule has 22 heavy (non-hydrogen) atoms. The van der Waals surface area contributed by atoms with Gasteiger partial charge >= 0.3 is 0 Å². The van der Waals surface area contributed by atoms with E-state index in [1.54, 1.807) is 24.3 Å². The van der Waals surface area contributed by atoms with Gasteiger partial charge in [-0.05, 0) is 12.8 Å². The normalized spacial score (nSPS) is 17.7. The average Bonchev–Trinajstić information content (AvgIpc) is 2.54. The second-order valence-electron chi connectivity index (χ2n) is 4.93. The fraction of sp³-hybridized carbons (Fsp3) is 0.250. The SMILES string of the molecule is CO/N=C1/CC/C(=N\OC)c2c1c(O)c1ccccc1c2O. The molecule has 0 atom stereocenters. The van der Waals surface area contributed by atoms with Gasteiger partial charge in [0.25, 0.3) is 0 Å². The third-order valence-electron chi connectivity index (χ3n) is 3.74. The minimum atomic E-state index is 0.0581. The number of fused-ring (bicyclic) bond motifs is 2. The Labute approximate surface area is 127 Å². The van der Waals surface area contributed by atoms with Crippen molar-refractivity contribution in [1.82, 2.24) is 0 Å². The summed E-state index contributed by atoms with van der Waals surface area (Å²) in [6.07, 6.45) is 1.07. The lowest BCUT2D eigenvalue weighted by atomic mass is 9.84. The largest absolute Gasteiger partial charge is 0.507 e. The van der Waals surface area contributed by atoms with E-state index in [9.17, 15) is 10.2 Å². The number of rotatable bonds is 2. The minimum absolute atomic E-state index is 0.0581. The molecule has 6 nitrogen and oxygen atoms in total. The molecular formula is C16H16N2O4. The van der Waals surface area contributed by atoms with Crippen LogP contribution < -0.4 is 0 Å². The highest BCUT2D eigenvalue weighted by Gasteiger charge is 2.30. The molecule has 0 saturated carbocycles. The molecule has 2 aromatic rings. The molecule has 0 spiro atoms. The van der Waals surface area contributed by atoms with Crippen LogP contribution in [0.4, 0.5) is 0 Å². The van der Waals surface area contributed by atoms with Crippen LogP contribution in [0, 0.1) is 0 Å². The third kappa shape index (κ3) is 2.04. The van der Waals surface area contributed by atoms with Gasteiger partial charge in [0, 0.05) is 10.8 Å². The van der Waals surface area contributed by atoms with Crippen molar-refractivity contribution in [1.29, 1.82) is 0 Å². The van der Waals surface area contributed by atoms with Gasteiger partial charge in [-0.15, -0.1) is 0 Å². The van der Waals surface area contributed by atoms with E-state index in [0.717, 1.165) is 0 Å². The summed E-state index contributed by atoms with van der Waals surface area (Å²) in [4.78, 5) is 9.73. The zero-order valence-electron chi connectivity index (χ0n) is 12.3. The summed E-state index contributed by atoms with van der Waals surface area (Å²) in [6.45, 7) is 0. The molecule has 0 heterocycles. The van der Waals surface area contributed by atoms with Crippen molar-refractivity contribution in [3.05, 3.63) is 35.4 Å². The van der Waals surface area contributed by atoms with E-state index in [2.05, 4.69) is 10.3 Å². The van der Waals surface area contributed by atoms with Crippen molar-refractivity contribution in [2.24, 2.45) is 10.3 Å². The summed E-state index contributed by atoms with van der Waals surface area (Å²) in [5.41, 5.74) is 2.04. The van der Waals surface area contributed by atoms with Gasteiger partial charge in [0.15, 0.2) is 0 Å². The summed E-state index contributed by atoms with van der Waals surface area (Å²) < 4.78 is 0. The van der Waals surface area contributed by atoms with E-state index in [0.29, 0.717) is 46.2 Å². The molecule has 0 amide bonds. The molecule has 114 valence electrons. The molecule has 0 aliphatic heterocycles. The van der Waals surface area contributed by atoms with Crippen LogP contribution in [-0.4, -0.2) is 35.9 Å². The molecule has 1 aliphatic carbocycles. The highest BCUT2D eigenvalue weighted by molar-refractivity contribution is 6.23. The van der Waals surface area contributed by atoms with Crippen molar-refractivity contribution >= 4 is 22.2 Å². The van der Waals surface area contributed by atoms with Crippen molar-refractivity contribution in [2.75, 3.05) is 14.2 Å². The highest BCUT2D eigenvalue weighted by Crippen LogP contribution is 2.43. The quantitative estimate of drug-likeness (QED) is 0.660. The molecule has 2 N–H and O–H groups in total. The van der Waals surface area contributed by atoms with E-state index in [1.165, 1.54) is 14.2 Å². The lowest BCUT2D eigenvalue weighted by Crippen LogP contribution is -2.19. The number of phenols is 2. The van der Waals surface area contributed by atoms with E-state index >= 15 is 0 Å². The standard InChI is InChI=1S/C16H16N2O4/c1-21-17-11-7-8-12(18-22-2)14-13(11)15(19)9-5-3-4-6-10(9)16(14)20/h3-6,19-20H,7-8H2,1-2H3/b17-11-,18-12+. The Kier molecular flexibility index (Phi) is 3.58. The smallest absolute Gasteiger partial charge is 0.133 e. The van der Waals surface area contributed by atoms with Crippen LogP contribution in [0.15, 0.2) is 34.6 Å². The number of benzene rings is 2. The Morgan fingerprint density at radius 2 is 1.23 bits per heavy atom. The van der Waals surface area contributed by atoms with Crippen molar-refractivity contribution in [3.8, 4) is 11.5 Å². The maximum Gasteiger partial charge on any atom is 0.133 e. The molecule has 0 bridgehead atoms. The summed E-state index contributed by atoms with van der Waals surface area (Å²) in [7, 11) is 2.90. The van der Waals surface area contributed by atoms with Crippen LogP contribution in [0.1, 0.15) is 24.0 Å². The number of hydrogen-bond donors (Lipinski definition) is 2. The summed E-state index contributed by atoms with van der Waals surface area (Å²) in [5.74, 6) is 0.116. The summed E-state index contributed by atoms with van der Waals surface area (Å²) >= 11 is 0. The predicted molar refractivity (Wildman–Crippen MR) is 83.6 cm³/mol. The number of oxime groups is 2. The van der Waals surface area contributed by atoms with Crippen molar-refractivity contribution < 1.29 is 19.9 Å². The topological polar surface area (TPSA) is 83.6 Å². The Bertz CT molecular complexity index is 730. The van der Waals surface area contributed by atoms with Gasteiger partial charge in [-0.2, -0.15) is 0 Å². The van der Waals surface area contributed by atoms with Gasteiger partial charge in [0.05, 0.1) is 22.6 Å². The van der Waals surface area contributed by atoms with Crippen LogP contribution in [0.3, 0.4) is 0 Å². The van der Waals surface area contributed by atoms with E-state index in [4.69, 9.17) is 9.68 Å². The predicted octanol–water partition coefficient (Wildman–Crippen LogP) is 2.75. The molecule has 0 radical (unpaired) electrons. The molecule has 0 unspecified atom stereocenters. The van der Waals surface area contributed by atoms with Crippen LogP contribution >= 0.6 is 0 Å². The maximum absolute atomic E-state index is 10.7. The number of aromatic hydroxyl groups is 2. The molecule has 6 heteroatoms. The Morgan fingerprint density at radius 3 is 1.59 bits per heavy atom. The molecule has 1 aliphatic rings. The van der Waals surface area contributed by atoms with Gasteiger partial charge in [-0.25, -0.2) is 0 Å². The molecule has 0 fully saturated rings. The van der Waals surface area contributed by atoms with Gasteiger partial charge in [-0.3, -0.25) is 0 Å². The fourth-order valence-corrected chi connectivity index (χ4v) is 2.85. The Balaban J connectivity index is 2.44. The third-order valence-corrected chi connectivity index (χ3v) is 3.74. The molecule has 2 aromatic carbocycles. The Hall–Kier alpha value is -2.76. The van der Waals surface area contributed by atoms with Gasteiger partial charge < -0.3 is 19.9 Å². The minimum Gasteiger partial charge on any atom is -0.507 e. The van der Waals surface area contributed by atoms with Gasteiger partial charge in [0.1, 0.15) is 25.7 Å². The van der Waals surface area contributed by atoms with Gasteiger partial charge in [0.2, 0.25) is 0 Å². The first-order valence-corrected chi connectivity index (χ1v) is 6.86. The molecular weight excluding hydrogens is 284 g/mol. The van der Waals surface area contributed by atoms with Crippen LogP contribution in [0.2, 0.25) is 0 Å². The first kappa shape index (κ1) is 14.2. The molecule has 3 rings (SSSR count). The van der Waals surface area contributed by atoms with Crippen molar-refractivity contribution in [2.45, 2.75) is 12.8 Å². The number of phenolic OH excluding ortho intramolecular Hbond substituents is 2. The monoisotopic (exact) mass is 300 g/mol. The number of hydrogen-bond acceptors (Lipinski definition) is 6. The zero-order valence-corrected chi connectivity index (χ0v) is 12.3. The van der Waals surface area contributed by atoms with E-state index < -0.39 is 0 Å². The van der Waals surface area contributed by atoms with E-state index in [1.807, 2.05) is 0 Å². The van der Waals surface area contributed by atoms with Gasteiger partial charge in [-0.1, -0.05) is 34.6 Å². The Morgan fingerprint density at radius 1 is 0.818 bits per heavy atom. The maximum atomic E-state index is 10.7. The first-order chi connectivity index (χ1) is 10.7. The lowest BCUT2D eigenvalue weighted by Gasteiger charge is -2.22. The van der Waals surface area contributed by atoms with Crippen LogP contribution in [0.25, 0.3) is 10.8 Å². The van der Waals surface area contributed by atoms with E-state index in [-0.39, 0.29) is 11.5 Å². The van der Waals surface area contributed by atoms with Crippen molar-refractivity contribution in [3.63, 3.8) is 0 Å². The lowest BCUT2D eigenvalue weighted by molar-refractivity contribution is 0.211.